The van der Waals surface area contributed by atoms with Crippen LogP contribution in [0.2, 0.25) is 0 Å². The van der Waals surface area contributed by atoms with Gasteiger partial charge >= 0.3 is 6.18 Å². The van der Waals surface area contributed by atoms with E-state index in [-0.39, 0.29) is 28.2 Å². The first-order chi connectivity index (χ1) is 15.9. The van der Waals surface area contributed by atoms with Gasteiger partial charge in [-0.15, -0.1) is 0 Å². The fourth-order valence-corrected chi connectivity index (χ4v) is 5.08. The minimum Gasteiger partial charge on any atom is -0.486 e. The first-order valence-electron chi connectivity index (χ1n) is 10.6. The van der Waals surface area contributed by atoms with Crippen LogP contribution in [-0.4, -0.2) is 46.3 Å². The Morgan fingerprint density at radius 2 is 1.88 bits per heavy atom. The number of nitrogens with zero attached hydrogens (tertiary/aromatic N) is 3. The number of likely N-dealkylation sites (tertiary alicyclic amines) is 1. The molecule has 1 amide bonds. The highest BCUT2D eigenvalue weighted by molar-refractivity contribution is 8.00. The molecule has 6 nitrogen and oxygen atoms in total. The van der Waals surface area contributed by atoms with E-state index in [1.807, 2.05) is 18.2 Å². The molecule has 0 saturated carbocycles. The largest absolute Gasteiger partial charge is 0.486 e. The maximum Gasteiger partial charge on any atom is 0.451 e. The van der Waals surface area contributed by atoms with Crippen LogP contribution in [0.3, 0.4) is 0 Å². The summed E-state index contributed by atoms with van der Waals surface area (Å²) in [7, 11) is 0. The van der Waals surface area contributed by atoms with Crippen LogP contribution in [0.4, 0.5) is 13.2 Å². The van der Waals surface area contributed by atoms with E-state index in [2.05, 4.69) is 9.97 Å². The first kappa shape index (κ1) is 21.8. The van der Waals surface area contributed by atoms with Gasteiger partial charge in [-0.05, 0) is 36.6 Å². The lowest BCUT2D eigenvalue weighted by molar-refractivity contribution is -0.145. The number of alkyl halides is 3. The number of aromatic nitrogens is 2. The molecule has 2 aromatic carbocycles. The summed E-state index contributed by atoms with van der Waals surface area (Å²) in [5.41, 5.74) is 1.16. The standard InChI is InChI=1S/C23H20F3N3O3S/c24-23(25,26)22-27-16-5-2-1-4-15(16)21(28-22)33-13-20(30)29-9-3-6-17(29)14-7-8-18-19(12-14)32-11-10-31-18/h1-2,4-5,7-8,12,17H,3,6,9-11,13H2/t17-/m0/s1. The summed E-state index contributed by atoms with van der Waals surface area (Å²) in [6, 6.07) is 12.1. The minimum absolute atomic E-state index is 0.0145. The summed E-state index contributed by atoms with van der Waals surface area (Å²) in [5, 5.41) is 0.643. The van der Waals surface area contributed by atoms with Crippen molar-refractivity contribution in [1.29, 1.82) is 0 Å². The second-order valence-electron chi connectivity index (χ2n) is 7.80. The molecule has 1 saturated heterocycles. The van der Waals surface area contributed by atoms with Gasteiger partial charge in [0.25, 0.3) is 0 Å². The Hall–Kier alpha value is -3.01. The molecule has 2 aliphatic rings. The molecule has 0 bridgehead atoms. The molecule has 0 N–H and O–H groups in total. The summed E-state index contributed by atoms with van der Waals surface area (Å²) in [6.07, 6.45) is -3.00. The fourth-order valence-electron chi connectivity index (χ4n) is 4.18. The molecule has 10 heteroatoms. The first-order valence-corrected chi connectivity index (χ1v) is 11.5. The normalized spacial score (nSPS) is 18.0. The molecule has 0 spiro atoms. The molecule has 1 atom stereocenters. The SMILES string of the molecule is O=C(CSc1nc(C(F)(F)F)nc2ccccc12)N1CCC[C@H]1c1ccc2c(c1)OCCO2. The molecular weight excluding hydrogens is 455 g/mol. The Morgan fingerprint density at radius 1 is 1.09 bits per heavy atom. The van der Waals surface area contributed by atoms with E-state index in [0.29, 0.717) is 36.6 Å². The molecule has 3 heterocycles. The number of carbonyl (C=O) groups is 1. The van der Waals surface area contributed by atoms with E-state index in [4.69, 9.17) is 9.47 Å². The van der Waals surface area contributed by atoms with E-state index in [1.165, 1.54) is 6.07 Å². The zero-order chi connectivity index (χ0) is 23.0. The summed E-state index contributed by atoms with van der Waals surface area (Å²) >= 11 is 1.01. The van der Waals surface area contributed by atoms with Gasteiger partial charge in [-0.2, -0.15) is 13.2 Å². The minimum atomic E-state index is -4.67. The molecule has 1 fully saturated rings. The van der Waals surface area contributed by atoms with Gasteiger partial charge in [0.15, 0.2) is 11.5 Å². The van der Waals surface area contributed by atoms with Crippen molar-refractivity contribution in [3.63, 3.8) is 0 Å². The molecular formula is C23H20F3N3O3S. The van der Waals surface area contributed by atoms with Crippen LogP contribution in [-0.2, 0) is 11.0 Å². The number of ether oxygens (including phenoxy) is 2. The van der Waals surface area contributed by atoms with Crippen LogP contribution < -0.4 is 9.47 Å². The topological polar surface area (TPSA) is 64.6 Å². The predicted octanol–water partition coefficient (Wildman–Crippen LogP) is 4.88. The molecule has 2 aliphatic heterocycles. The predicted molar refractivity (Wildman–Crippen MR) is 116 cm³/mol. The monoisotopic (exact) mass is 475 g/mol. The molecule has 3 aromatic rings. The number of halogens is 3. The number of benzene rings is 2. The van der Waals surface area contributed by atoms with Gasteiger partial charge < -0.3 is 14.4 Å². The molecule has 172 valence electrons. The lowest BCUT2D eigenvalue weighted by atomic mass is 10.0. The molecule has 0 radical (unpaired) electrons. The maximum absolute atomic E-state index is 13.3. The number of hydrogen-bond donors (Lipinski definition) is 0. The van der Waals surface area contributed by atoms with Crippen molar-refractivity contribution in [2.24, 2.45) is 0 Å². The van der Waals surface area contributed by atoms with E-state index in [9.17, 15) is 18.0 Å². The van der Waals surface area contributed by atoms with Gasteiger partial charge in [0.1, 0.15) is 18.2 Å². The van der Waals surface area contributed by atoms with Crippen molar-refractivity contribution in [2.75, 3.05) is 25.5 Å². The van der Waals surface area contributed by atoms with Gasteiger partial charge in [-0.25, -0.2) is 9.97 Å². The quantitative estimate of drug-likeness (QED) is 0.396. The van der Waals surface area contributed by atoms with Crippen molar-refractivity contribution >= 4 is 28.6 Å². The van der Waals surface area contributed by atoms with Crippen molar-refractivity contribution in [2.45, 2.75) is 30.1 Å². The summed E-state index contributed by atoms with van der Waals surface area (Å²) in [5.74, 6) is -0.00785. The third-order valence-electron chi connectivity index (χ3n) is 5.68. The zero-order valence-electron chi connectivity index (χ0n) is 17.5. The zero-order valence-corrected chi connectivity index (χ0v) is 18.3. The van der Waals surface area contributed by atoms with Crippen LogP contribution in [0.5, 0.6) is 11.5 Å². The molecule has 5 rings (SSSR count). The molecule has 0 aliphatic carbocycles. The Labute approximate surface area is 192 Å². The number of fused-ring (bicyclic) bond motifs is 2. The average Bonchev–Trinajstić information content (AvgIpc) is 3.31. The number of carbonyl (C=O) groups excluding carboxylic acids is 1. The Kier molecular flexibility index (Phi) is 5.77. The number of thioether (sulfide) groups is 1. The van der Waals surface area contributed by atoms with Gasteiger partial charge in [0.05, 0.1) is 17.3 Å². The van der Waals surface area contributed by atoms with Crippen LogP contribution in [0.15, 0.2) is 47.5 Å². The number of para-hydroxylation sites is 1. The van der Waals surface area contributed by atoms with Crippen molar-refractivity contribution in [1.82, 2.24) is 14.9 Å². The molecule has 33 heavy (non-hydrogen) atoms. The third-order valence-corrected chi connectivity index (χ3v) is 6.65. The third kappa shape index (κ3) is 4.44. The number of amides is 1. The summed E-state index contributed by atoms with van der Waals surface area (Å²) in [4.78, 5) is 22.2. The highest BCUT2D eigenvalue weighted by atomic mass is 32.2. The van der Waals surface area contributed by atoms with Crippen molar-refractivity contribution in [3.8, 4) is 11.5 Å². The van der Waals surface area contributed by atoms with E-state index < -0.39 is 12.0 Å². The Bertz CT molecular complexity index is 1200. The lowest BCUT2D eigenvalue weighted by Crippen LogP contribution is -2.32. The van der Waals surface area contributed by atoms with Gasteiger partial charge in [0, 0.05) is 11.9 Å². The van der Waals surface area contributed by atoms with Crippen LogP contribution in [0.25, 0.3) is 10.9 Å². The van der Waals surface area contributed by atoms with Crippen LogP contribution in [0.1, 0.15) is 30.3 Å². The maximum atomic E-state index is 13.3. The number of rotatable bonds is 4. The smallest absolute Gasteiger partial charge is 0.451 e. The van der Waals surface area contributed by atoms with Gasteiger partial charge in [-0.1, -0.05) is 36.0 Å². The Balaban J connectivity index is 1.35. The van der Waals surface area contributed by atoms with Gasteiger partial charge in [-0.3, -0.25) is 4.79 Å². The number of hydrogen-bond acceptors (Lipinski definition) is 6. The fraction of sp³-hybridized carbons (Fsp3) is 0.348. The van der Waals surface area contributed by atoms with Crippen molar-refractivity contribution < 1.29 is 27.4 Å². The summed E-state index contributed by atoms with van der Waals surface area (Å²) in [6.45, 7) is 1.58. The average molecular weight is 475 g/mol. The van der Waals surface area contributed by atoms with E-state index in [0.717, 1.165) is 30.2 Å². The van der Waals surface area contributed by atoms with Crippen molar-refractivity contribution in [3.05, 3.63) is 53.9 Å². The second-order valence-corrected chi connectivity index (χ2v) is 8.77. The molecule has 0 unspecified atom stereocenters. The lowest BCUT2D eigenvalue weighted by Gasteiger charge is -2.26. The van der Waals surface area contributed by atoms with Crippen LogP contribution >= 0.6 is 11.8 Å². The Morgan fingerprint density at radius 3 is 2.70 bits per heavy atom. The van der Waals surface area contributed by atoms with E-state index in [1.54, 1.807) is 23.1 Å². The highest BCUT2D eigenvalue weighted by Gasteiger charge is 2.36. The summed E-state index contributed by atoms with van der Waals surface area (Å²) < 4.78 is 51.0. The molecule has 1 aromatic heterocycles. The van der Waals surface area contributed by atoms with Crippen LogP contribution in [0, 0.1) is 0 Å². The second kappa shape index (κ2) is 8.74. The van der Waals surface area contributed by atoms with Gasteiger partial charge in [0.2, 0.25) is 11.7 Å². The highest BCUT2D eigenvalue weighted by Crippen LogP contribution is 2.39. The van der Waals surface area contributed by atoms with E-state index >= 15 is 0 Å².